The van der Waals surface area contributed by atoms with Gasteiger partial charge in [-0.15, -0.1) is 0 Å². The highest BCUT2D eigenvalue weighted by molar-refractivity contribution is 9.10. The smallest absolute Gasteiger partial charge is 0.234 e. The van der Waals surface area contributed by atoms with Crippen LogP contribution in [0, 0.1) is 0 Å². The number of halogens is 1. The molecule has 1 aromatic carbocycles. The summed E-state index contributed by atoms with van der Waals surface area (Å²) in [7, 11) is 0. The Hall–Kier alpha value is -1.40. The summed E-state index contributed by atoms with van der Waals surface area (Å²) in [5.41, 5.74) is 6.25. The van der Waals surface area contributed by atoms with E-state index in [1.165, 1.54) is 0 Å². The monoisotopic (exact) mass is 341 g/mol. The zero-order valence-electron chi connectivity index (χ0n) is 11.7. The van der Waals surface area contributed by atoms with Gasteiger partial charge in [0.15, 0.2) is 0 Å². The van der Waals surface area contributed by atoms with Crippen molar-refractivity contribution in [3.8, 4) is 0 Å². The third-order valence-electron chi connectivity index (χ3n) is 2.52. The van der Waals surface area contributed by atoms with E-state index in [0.717, 1.165) is 10.0 Å². The SMILES string of the molecule is CC(C)NC(=O)CN(CC(N)=O)Cc1ccc(Br)cc1. The lowest BCUT2D eigenvalue weighted by molar-refractivity contribution is -0.124. The molecule has 1 aromatic rings. The summed E-state index contributed by atoms with van der Waals surface area (Å²) in [6, 6.07) is 7.81. The van der Waals surface area contributed by atoms with E-state index in [0.29, 0.717) is 6.54 Å². The summed E-state index contributed by atoms with van der Waals surface area (Å²) in [6.45, 7) is 4.50. The van der Waals surface area contributed by atoms with Crippen molar-refractivity contribution in [2.24, 2.45) is 5.73 Å². The molecule has 0 radical (unpaired) electrons. The zero-order valence-corrected chi connectivity index (χ0v) is 13.3. The Balaban J connectivity index is 2.66. The van der Waals surface area contributed by atoms with Gasteiger partial charge in [0.25, 0.3) is 0 Å². The molecule has 1 rings (SSSR count). The van der Waals surface area contributed by atoms with Gasteiger partial charge in [-0.1, -0.05) is 28.1 Å². The maximum Gasteiger partial charge on any atom is 0.234 e. The zero-order chi connectivity index (χ0) is 15.1. The van der Waals surface area contributed by atoms with Crippen LogP contribution in [-0.2, 0) is 16.1 Å². The molecule has 0 heterocycles. The van der Waals surface area contributed by atoms with E-state index in [9.17, 15) is 9.59 Å². The summed E-state index contributed by atoms with van der Waals surface area (Å²) in [6.07, 6.45) is 0. The van der Waals surface area contributed by atoms with E-state index in [2.05, 4.69) is 21.2 Å². The molecule has 3 N–H and O–H groups in total. The summed E-state index contributed by atoms with van der Waals surface area (Å²) in [4.78, 5) is 24.6. The Morgan fingerprint density at radius 2 is 1.85 bits per heavy atom. The molecule has 0 atom stereocenters. The number of nitrogens with two attached hydrogens (primary N) is 1. The number of rotatable bonds is 7. The third kappa shape index (κ3) is 6.68. The van der Waals surface area contributed by atoms with Crippen molar-refractivity contribution in [2.75, 3.05) is 13.1 Å². The van der Waals surface area contributed by atoms with Gasteiger partial charge in [-0.05, 0) is 31.5 Å². The maximum atomic E-state index is 11.8. The fourth-order valence-corrected chi connectivity index (χ4v) is 2.07. The number of hydrogen-bond donors (Lipinski definition) is 2. The summed E-state index contributed by atoms with van der Waals surface area (Å²) < 4.78 is 0.986. The average molecular weight is 342 g/mol. The fourth-order valence-electron chi connectivity index (χ4n) is 1.81. The first-order valence-electron chi connectivity index (χ1n) is 6.41. The second-order valence-corrected chi connectivity index (χ2v) is 5.88. The Kier molecular flexibility index (Phi) is 6.67. The summed E-state index contributed by atoms with van der Waals surface area (Å²) >= 11 is 3.37. The van der Waals surface area contributed by atoms with Crippen molar-refractivity contribution < 1.29 is 9.59 Å². The van der Waals surface area contributed by atoms with Crippen molar-refractivity contribution in [1.82, 2.24) is 10.2 Å². The molecule has 0 bridgehead atoms. The Morgan fingerprint density at radius 1 is 1.25 bits per heavy atom. The molecule has 5 nitrogen and oxygen atoms in total. The average Bonchev–Trinajstić information content (AvgIpc) is 2.30. The molecule has 2 amide bonds. The lowest BCUT2D eigenvalue weighted by Crippen LogP contribution is -2.42. The quantitative estimate of drug-likeness (QED) is 0.783. The molecular weight excluding hydrogens is 322 g/mol. The van der Waals surface area contributed by atoms with Gasteiger partial charge in [0.05, 0.1) is 13.1 Å². The predicted octanol–water partition coefficient (Wildman–Crippen LogP) is 1.26. The molecule has 0 aliphatic carbocycles. The standard InChI is InChI=1S/C14H20BrN3O2/c1-10(2)17-14(20)9-18(8-13(16)19)7-11-3-5-12(15)6-4-11/h3-6,10H,7-9H2,1-2H3,(H2,16,19)(H,17,20). The van der Waals surface area contributed by atoms with Gasteiger partial charge in [-0.2, -0.15) is 0 Å². The van der Waals surface area contributed by atoms with Crippen LogP contribution in [0.5, 0.6) is 0 Å². The minimum absolute atomic E-state index is 0.0571. The van der Waals surface area contributed by atoms with Crippen molar-refractivity contribution in [3.63, 3.8) is 0 Å². The molecule has 0 saturated carbocycles. The number of primary amides is 1. The third-order valence-corrected chi connectivity index (χ3v) is 3.04. The first kappa shape index (κ1) is 16.7. The molecule has 0 spiro atoms. The molecule has 0 aromatic heterocycles. The van der Waals surface area contributed by atoms with Crippen LogP contribution in [0.15, 0.2) is 28.7 Å². The minimum atomic E-state index is -0.445. The van der Waals surface area contributed by atoms with Gasteiger partial charge in [0, 0.05) is 17.1 Å². The lowest BCUT2D eigenvalue weighted by Gasteiger charge is -2.21. The molecule has 110 valence electrons. The number of hydrogen-bond acceptors (Lipinski definition) is 3. The van der Waals surface area contributed by atoms with Gasteiger partial charge in [-0.25, -0.2) is 0 Å². The van der Waals surface area contributed by atoms with Crippen molar-refractivity contribution in [1.29, 1.82) is 0 Å². The topological polar surface area (TPSA) is 75.4 Å². The van der Waals surface area contributed by atoms with Crippen LogP contribution in [0.1, 0.15) is 19.4 Å². The normalized spacial score (nSPS) is 10.8. The Labute approximate surface area is 127 Å². The van der Waals surface area contributed by atoms with Crippen molar-refractivity contribution >= 4 is 27.7 Å². The van der Waals surface area contributed by atoms with Gasteiger partial charge in [0.2, 0.25) is 11.8 Å². The van der Waals surface area contributed by atoms with E-state index in [-0.39, 0.29) is 25.0 Å². The number of benzene rings is 1. The summed E-state index contributed by atoms with van der Waals surface area (Å²) in [5, 5.41) is 2.80. The first-order chi connectivity index (χ1) is 9.36. The van der Waals surface area contributed by atoms with Crippen LogP contribution in [0.3, 0.4) is 0 Å². The molecular formula is C14H20BrN3O2. The second kappa shape index (κ2) is 8.01. The van der Waals surface area contributed by atoms with E-state index >= 15 is 0 Å². The molecule has 6 heteroatoms. The predicted molar refractivity (Wildman–Crippen MR) is 81.9 cm³/mol. The van der Waals surface area contributed by atoms with Crippen LogP contribution < -0.4 is 11.1 Å². The highest BCUT2D eigenvalue weighted by atomic mass is 79.9. The van der Waals surface area contributed by atoms with Gasteiger partial charge < -0.3 is 11.1 Å². The number of carbonyl (C=O) groups is 2. The van der Waals surface area contributed by atoms with Crippen molar-refractivity contribution in [3.05, 3.63) is 34.3 Å². The number of carbonyl (C=O) groups excluding carboxylic acids is 2. The van der Waals surface area contributed by atoms with E-state index in [1.807, 2.05) is 38.1 Å². The van der Waals surface area contributed by atoms with E-state index < -0.39 is 5.91 Å². The number of nitrogens with one attached hydrogen (secondary N) is 1. The summed E-state index contributed by atoms with van der Waals surface area (Å²) in [5.74, 6) is -0.558. The fraction of sp³-hybridized carbons (Fsp3) is 0.429. The molecule has 0 aliphatic rings. The number of amides is 2. The Bertz CT molecular complexity index is 460. The van der Waals surface area contributed by atoms with Crippen LogP contribution in [0.25, 0.3) is 0 Å². The van der Waals surface area contributed by atoms with Gasteiger partial charge in [0.1, 0.15) is 0 Å². The van der Waals surface area contributed by atoms with Gasteiger partial charge in [-0.3, -0.25) is 14.5 Å². The van der Waals surface area contributed by atoms with E-state index in [4.69, 9.17) is 5.73 Å². The number of nitrogens with zero attached hydrogens (tertiary/aromatic N) is 1. The largest absolute Gasteiger partial charge is 0.369 e. The van der Waals surface area contributed by atoms with Crippen LogP contribution >= 0.6 is 15.9 Å². The van der Waals surface area contributed by atoms with Crippen molar-refractivity contribution in [2.45, 2.75) is 26.4 Å². The van der Waals surface area contributed by atoms with Gasteiger partial charge >= 0.3 is 0 Å². The Morgan fingerprint density at radius 3 is 2.35 bits per heavy atom. The molecule has 0 fully saturated rings. The minimum Gasteiger partial charge on any atom is -0.369 e. The molecule has 0 unspecified atom stereocenters. The lowest BCUT2D eigenvalue weighted by atomic mass is 10.2. The van der Waals surface area contributed by atoms with Crippen LogP contribution in [-0.4, -0.2) is 35.8 Å². The second-order valence-electron chi connectivity index (χ2n) is 4.96. The highest BCUT2D eigenvalue weighted by Gasteiger charge is 2.14. The first-order valence-corrected chi connectivity index (χ1v) is 7.20. The molecule has 0 saturated heterocycles. The van der Waals surface area contributed by atoms with Crippen LogP contribution in [0.2, 0.25) is 0 Å². The van der Waals surface area contributed by atoms with E-state index in [1.54, 1.807) is 4.90 Å². The maximum absolute atomic E-state index is 11.8. The van der Waals surface area contributed by atoms with Crippen LogP contribution in [0.4, 0.5) is 0 Å². The molecule has 0 aliphatic heterocycles. The molecule has 20 heavy (non-hydrogen) atoms. The highest BCUT2D eigenvalue weighted by Crippen LogP contribution is 2.12.